The Morgan fingerprint density at radius 1 is 1.42 bits per heavy atom. The van der Waals surface area contributed by atoms with Crippen molar-refractivity contribution in [1.82, 2.24) is 5.32 Å². The highest BCUT2D eigenvalue weighted by Crippen LogP contribution is 2.33. The van der Waals surface area contributed by atoms with Crippen molar-refractivity contribution < 1.29 is 0 Å². The van der Waals surface area contributed by atoms with Crippen LogP contribution in [0.25, 0.3) is 0 Å². The van der Waals surface area contributed by atoms with Crippen LogP contribution in [-0.4, -0.2) is 18.8 Å². The minimum atomic E-state index is 0.851. The summed E-state index contributed by atoms with van der Waals surface area (Å²) in [5.74, 6) is 2.20. The Labute approximate surface area is 79.0 Å². The number of thioether (sulfide) groups is 1. The Morgan fingerprint density at radius 2 is 2.42 bits per heavy atom. The fraction of sp³-hybridized carbons (Fsp3) is 0.800. The zero-order valence-corrected chi connectivity index (χ0v) is 8.33. The molecular formula is C10H17NS. The summed E-state index contributed by atoms with van der Waals surface area (Å²) in [6, 6.07) is 0. The molecule has 2 aliphatic heterocycles. The first-order valence-electron chi connectivity index (χ1n) is 5.00. The lowest BCUT2D eigenvalue weighted by Gasteiger charge is -2.26. The molecule has 0 amide bonds. The summed E-state index contributed by atoms with van der Waals surface area (Å²) in [6.07, 6.45) is 7.94. The van der Waals surface area contributed by atoms with Crippen LogP contribution in [0.4, 0.5) is 0 Å². The lowest BCUT2D eigenvalue weighted by atomic mass is 9.98. The van der Waals surface area contributed by atoms with Gasteiger partial charge in [0.15, 0.2) is 0 Å². The van der Waals surface area contributed by atoms with Crippen molar-refractivity contribution in [2.75, 3.05) is 18.8 Å². The van der Waals surface area contributed by atoms with E-state index < -0.39 is 0 Å². The maximum Gasteiger partial charge on any atom is 0.00251 e. The Hall–Kier alpha value is 0.0500. The Morgan fingerprint density at radius 3 is 3.08 bits per heavy atom. The van der Waals surface area contributed by atoms with E-state index in [9.17, 15) is 0 Å². The summed E-state index contributed by atoms with van der Waals surface area (Å²) in [7, 11) is 0. The second-order valence-electron chi connectivity index (χ2n) is 3.64. The highest BCUT2D eigenvalue weighted by atomic mass is 32.2. The third-order valence-electron chi connectivity index (χ3n) is 2.66. The summed E-state index contributed by atoms with van der Waals surface area (Å²) < 4.78 is 0. The van der Waals surface area contributed by atoms with Crippen molar-refractivity contribution in [3.05, 3.63) is 11.0 Å². The molecule has 0 saturated carbocycles. The lowest BCUT2D eigenvalue weighted by Crippen LogP contribution is -2.30. The van der Waals surface area contributed by atoms with Crippen LogP contribution in [-0.2, 0) is 0 Å². The van der Waals surface area contributed by atoms with Crippen molar-refractivity contribution in [3.63, 3.8) is 0 Å². The third kappa shape index (κ3) is 2.05. The van der Waals surface area contributed by atoms with Gasteiger partial charge in [-0.15, -0.1) is 11.8 Å². The predicted molar refractivity (Wildman–Crippen MR) is 55.4 cm³/mol. The fourth-order valence-electron chi connectivity index (χ4n) is 1.96. The molecule has 1 N–H and O–H groups in total. The number of nitrogens with one attached hydrogen (secondary N) is 1. The first-order chi connectivity index (χ1) is 5.97. The summed E-state index contributed by atoms with van der Waals surface area (Å²) in [4.78, 5) is 1.67. The fourth-order valence-corrected chi connectivity index (χ4v) is 3.18. The van der Waals surface area contributed by atoms with Crippen LogP contribution in [0.15, 0.2) is 11.0 Å². The van der Waals surface area contributed by atoms with E-state index >= 15 is 0 Å². The molecule has 2 rings (SSSR count). The third-order valence-corrected chi connectivity index (χ3v) is 3.99. The summed E-state index contributed by atoms with van der Waals surface area (Å²) >= 11 is 2.09. The molecule has 0 radical (unpaired) electrons. The van der Waals surface area contributed by atoms with Gasteiger partial charge in [-0.2, -0.15) is 0 Å². The molecule has 0 bridgehead atoms. The van der Waals surface area contributed by atoms with E-state index in [4.69, 9.17) is 0 Å². The summed E-state index contributed by atoms with van der Waals surface area (Å²) in [6.45, 7) is 2.45. The van der Waals surface area contributed by atoms with Gasteiger partial charge in [-0.25, -0.2) is 0 Å². The Bertz CT molecular complexity index is 171. The number of allylic oxidation sites excluding steroid dienone is 1. The molecule has 12 heavy (non-hydrogen) atoms. The van der Waals surface area contributed by atoms with Crippen LogP contribution in [0.5, 0.6) is 0 Å². The molecular weight excluding hydrogens is 166 g/mol. The van der Waals surface area contributed by atoms with Gasteiger partial charge in [0.2, 0.25) is 0 Å². The molecule has 0 aromatic rings. The molecule has 0 aromatic carbocycles. The summed E-state index contributed by atoms with van der Waals surface area (Å²) in [5.41, 5.74) is 0. The molecule has 68 valence electrons. The van der Waals surface area contributed by atoms with Crippen LogP contribution in [0.3, 0.4) is 0 Å². The largest absolute Gasteiger partial charge is 0.316 e. The van der Waals surface area contributed by atoms with E-state index in [-0.39, 0.29) is 0 Å². The van der Waals surface area contributed by atoms with Crippen molar-refractivity contribution in [2.45, 2.75) is 25.7 Å². The topological polar surface area (TPSA) is 12.0 Å². The number of rotatable bonds is 1. The molecule has 2 heterocycles. The molecule has 0 aliphatic carbocycles. The molecule has 0 spiro atoms. The minimum Gasteiger partial charge on any atom is -0.316 e. The Balaban J connectivity index is 1.92. The van der Waals surface area contributed by atoms with Crippen LogP contribution in [0.2, 0.25) is 0 Å². The molecule has 1 unspecified atom stereocenters. The quantitative estimate of drug-likeness (QED) is 0.670. The van der Waals surface area contributed by atoms with Crippen LogP contribution in [0, 0.1) is 5.92 Å². The van der Waals surface area contributed by atoms with Gasteiger partial charge in [0.1, 0.15) is 0 Å². The van der Waals surface area contributed by atoms with Crippen molar-refractivity contribution >= 4 is 11.8 Å². The molecule has 0 aromatic heterocycles. The molecule has 1 nitrogen and oxygen atoms in total. The standard InChI is InChI=1S/C10H17NS/c1-2-7-12-10(5-1)9-4-3-6-11-8-9/h5,9,11H,1-4,6-8H2. The molecule has 2 heteroatoms. The Kier molecular flexibility index (Phi) is 3.12. The van der Waals surface area contributed by atoms with E-state index in [0.717, 1.165) is 5.92 Å². The smallest absolute Gasteiger partial charge is 0.00251 e. The van der Waals surface area contributed by atoms with Crippen molar-refractivity contribution in [1.29, 1.82) is 0 Å². The second kappa shape index (κ2) is 4.33. The zero-order valence-electron chi connectivity index (χ0n) is 7.51. The maximum atomic E-state index is 3.48. The van der Waals surface area contributed by atoms with Gasteiger partial charge in [-0.3, -0.25) is 0 Å². The van der Waals surface area contributed by atoms with Gasteiger partial charge < -0.3 is 5.32 Å². The van der Waals surface area contributed by atoms with Gasteiger partial charge in [0, 0.05) is 12.5 Å². The monoisotopic (exact) mass is 183 g/mol. The first kappa shape index (κ1) is 8.64. The zero-order chi connectivity index (χ0) is 8.23. The van der Waals surface area contributed by atoms with Gasteiger partial charge in [-0.05, 0) is 42.9 Å². The van der Waals surface area contributed by atoms with Gasteiger partial charge in [0.25, 0.3) is 0 Å². The molecule has 2 aliphatic rings. The van der Waals surface area contributed by atoms with E-state index in [1.807, 2.05) is 0 Å². The van der Waals surface area contributed by atoms with Gasteiger partial charge >= 0.3 is 0 Å². The average Bonchev–Trinajstić information content (AvgIpc) is 2.21. The van der Waals surface area contributed by atoms with Crippen molar-refractivity contribution in [3.8, 4) is 0 Å². The number of hydrogen-bond acceptors (Lipinski definition) is 2. The molecule has 1 fully saturated rings. The van der Waals surface area contributed by atoms with Gasteiger partial charge in [-0.1, -0.05) is 6.08 Å². The van der Waals surface area contributed by atoms with Crippen LogP contribution in [0.1, 0.15) is 25.7 Å². The van der Waals surface area contributed by atoms with E-state index in [1.165, 1.54) is 44.5 Å². The normalized spacial score (nSPS) is 31.3. The first-order valence-corrected chi connectivity index (χ1v) is 5.99. The molecule has 1 saturated heterocycles. The maximum absolute atomic E-state index is 3.48. The minimum absolute atomic E-state index is 0.851. The van der Waals surface area contributed by atoms with E-state index in [0.29, 0.717) is 0 Å². The highest BCUT2D eigenvalue weighted by molar-refractivity contribution is 8.03. The summed E-state index contributed by atoms with van der Waals surface area (Å²) in [5, 5.41) is 3.48. The van der Waals surface area contributed by atoms with Crippen LogP contribution >= 0.6 is 11.8 Å². The predicted octanol–water partition coefficient (Wildman–Crippen LogP) is 2.40. The SMILES string of the molecule is C1=C(C2CCCNC2)SCCC1. The highest BCUT2D eigenvalue weighted by Gasteiger charge is 2.18. The van der Waals surface area contributed by atoms with E-state index in [1.54, 1.807) is 4.91 Å². The van der Waals surface area contributed by atoms with Crippen LogP contribution < -0.4 is 5.32 Å². The number of hydrogen-bond donors (Lipinski definition) is 1. The second-order valence-corrected chi connectivity index (χ2v) is 4.81. The van der Waals surface area contributed by atoms with Crippen molar-refractivity contribution in [2.24, 2.45) is 5.92 Å². The number of piperidine rings is 1. The van der Waals surface area contributed by atoms with E-state index in [2.05, 4.69) is 23.2 Å². The average molecular weight is 183 g/mol. The van der Waals surface area contributed by atoms with Gasteiger partial charge in [0.05, 0.1) is 0 Å². The molecule has 1 atom stereocenters. The lowest BCUT2D eigenvalue weighted by molar-refractivity contribution is 0.432.